The number of aliphatic hydroxyl groups excluding tert-OH is 1. The fraction of sp³-hybridized carbons (Fsp3) is 0.138. The maximum atomic E-state index is 15.1. The normalized spacial score (nSPS) is 15.6. The van der Waals surface area contributed by atoms with Crippen LogP contribution in [0.15, 0.2) is 84.1 Å². The molecule has 3 aromatic carbocycles. The van der Waals surface area contributed by atoms with Crippen molar-refractivity contribution >= 4 is 28.7 Å². The molecule has 0 saturated carbocycles. The van der Waals surface area contributed by atoms with E-state index in [4.69, 9.17) is 0 Å². The van der Waals surface area contributed by atoms with Crippen molar-refractivity contribution in [3.05, 3.63) is 117 Å². The second kappa shape index (κ2) is 9.17. The zero-order valence-corrected chi connectivity index (χ0v) is 20.8. The molecular formula is C29H23FN2O3S. The van der Waals surface area contributed by atoms with Crippen molar-refractivity contribution in [3.63, 3.8) is 0 Å². The van der Waals surface area contributed by atoms with Crippen LogP contribution in [0, 0.1) is 26.6 Å². The Balaban J connectivity index is 1.66. The molecule has 0 bridgehead atoms. The lowest BCUT2D eigenvalue weighted by molar-refractivity contribution is -0.117. The van der Waals surface area contributed by atoms with Crippen molar-refractivity contribution in [3.8, 4) is 10.6 Å². The van der Waals surface area contributed by atoms with E-state index in [-0.39, 0.29) is 11.1 Å². The molecule has 1 amide bonds. The topological polar surface area (TPSA) is 70.5 Å². The highest BCUT2D eigenvalue weighted by atomic mass is 32.1. The number of benzene rings is 3. The first kappa shape index (κ1) is 23.6. The number of aliphatic hydroxyl groups is 1. The van der Waals surface area contributed by atoms with Gasteiger partial charge in [-0.05, 0) is 50.1 Å². The van der Waals surface area contributed by atoms with Crippen molar-refractivity contribution in [1.29, 1.82) is 0 Å². The quantitative estimate of drug-likeness (QED) is 0.313. The Morgan fingerprint density at radius 3 is 2.36 bits per heavy atom. The van der Waals surface area contributed by atoms with Crippen LogP contribution in [-0.4, -0.2) is 21.8 Å². The highest BCUT2D eigenvalue weighted by Gasteiger charge is 2.46. The number of halogens is 1. The van der Waals surface area contributed by atoms with Crippen molar-refractivity contribution in [2.24, 2.45) is 0 Å². The van der Waals surface area contributed by atoms with Crippen molar-refractivity contribution < 1.29 is 19.1 Å². The van der Waals surface area contributed by atoms with Gasteiger partial charge < -0.3 is 5.11 Å². The van der Waals surface area contributed by atoms with E-state index in [1.165, 1.54) is 28.4 Å². The van der Waals surface area contributed by atoms with Gasteiger partial charge in [0.25, 0.3) is 5.91 Å². The molecule has 4 aromatic rings. The van der Waals surface area contributed by atoms with E-state index < -0.39 is 29.3 Å². The Morgan fingerprint density at radius 2 is 1.67 bits per heavy atom. The summed E-state index contributed by atoms with van der Waals surface area (Å²) in [4.78, 5) is 33.4. The van der Waals surface area contributed by atoms with Gasteiger partial charge in [-0.25, -0.2) is 9.37 Å². The number of amides is 1. The first-order chi connectivity index (χ1) is 17.3. The van der Waals surface area contributed by atoms with E-state index in [1.807, 2.05) is 50.2 Å². The minimum absolute atomic E-state index is 0.127. The molecule has 0 radical (unpaired) electrons. The summed E-state index contributed by atoms with van der Waals surface area (Å²) in [5.41, 5.74) is 3.72. The van der Waals surface area contributed by atoms with Gasteiger partial charge in [0.1, 0.15) is 10.8 Å². The van der Waals surface area contributed by atoms with E-state index in [0.29, 0.717) is 21.3 Å². The molecule has 36 heavy (non-hydrogen) atoms. The van der Waals surface area contributed by atoms with Crippen LogP contribution in [0.2, 0.25) is 0 Å². The Bertz CT molecular complexity index is 1540. The maximum Gasteiger partial charge on any atom is 0.294 e. The SMILES string of the molecule is Cc1ccc(N2C(=O)C(O)=C(C(=O)c3sc(-c4ccccc4)nc3C)C2c2ccccc2F)cc1C. The van der Waals surface area contributed by atoms with Gasteiger partial charge in [-0.15, -0.1) is 11.3 Å². The Hall–Kier alpha value is -4.10. The average molecular weight is 499 g/mol. The Kier molecular flexibility index (Phi) is 6.02. The number of anilines is 1. The highest BCUT2D eigenvalue weighted by molar-refractivity contribution is 7.17. The molecule has 0 aliphatic carbocycles. The zero-order valence-electron chi connectivity index (χ0n) is 19.9. The van der Waals surface area contributed by atoms with Gasteiger partial charge in [-0.1, -0.05) is 54.6 Å². The molecule has 5 nitrogen and oxygen atoms in total. The summed E-state index contributed by atoms with van der Waals surface area (Å²) in [6.45, 7) is 5.56. The molecule has 0 fully saturated rings. The molecule has 2 heterocycles. The van der Waals surface area contributed by atoms with E-state index in [1.54, 1.807) is 31.2 Å². The lowest BCUT2D eigenvalue weighted by Crippen LogP contribution is -2.31. The molecule has 5 rings (SSSR count). The summed E-state index contributed by atoms with van der Waals surface area (Å²) in [6, 6.07) is 19.7. The summed E-state index contributed by atoms with van der Waals surface area (Å²) in [7, 11) is 0. The lowest BCUT2D eigenvalue weighted by atomic mass is 9.94. The summed E-state index contributed by atoms with van der Waals surface area (Å²) < 4.78 is 15.1. The van der Waals surface area contributed by atoms with Gasteiger partial charge >= 0.3 is 0 Å². The Labute approximate surface area is 212 Å². The first-order valence-corrected chi connectivity index (χ1v) is 12.3. The molecule has 1 aliphatic heterocycles. The average Bonchev–Trinajstić information content (AvgIpc) is 3.39. The second-order valence-corrected chi connectivity index (χ2v) is 9.76. The van der Waals surface area contributed by atoms with Gasteiger partial charge in [-0.2, -0.15) is 0 Å². The molecule has 0 spiro atoms. The number of rotatable bonds is 5. The number of hydrogen-bond donors (Lipinski definition) is 1. The van der Waals surface area contributed by atoms with Gasteiger partial charge in [0.2, 0.25) is 5.78 Å². The third-order valence-corrected chi connectivity index (χ3v) is 7.65. The smallest absolute Gasteiger partial charge is 0.294 e. The molecule has 1 aliphatic rings. The van der Waals surface area contributed by atoms with E-state index in [9.17, 15) is 14.7 Å². The van der Waals surface area contributed by atoms with Gasteiger partial charge in [0, 0.05) is 16.8 Å². The standard InChI is InChI=1S/C29H23FN2O3S/c1-16-13-14-20(15-17(16)2)32-24(21-11-7-8-12-22(21)30)23(26(34)29(32)35)25(33)27-18(3)31-28(36-27)19-9-5-4-6-10-19/h4-15,24,34H,1-3H3. The van der Waals surface area contributed by atoms with Crippen LogP contribution in [0.25, 0.3) is 10.6 Å². The maximum absolute atomic E-state index is 15.1. The van der Waals surface area contributed by atoms with Crippen molar-refractivity contribution in [2.45, 2.75) is 26.8 Å². The molecule has 1 N–H and O–H groups in total. The predicted octanol–water partition coefficient (Wildman–Crippen LogP) is 6.66. The van der Waals surface area contributed by atoms with Crippen LogP contribution < -0.4 is 4.90 Å². The van der Waals surface area contributed by atoms with Crippen LogP contribution in [0.3, 0.4) is 0 Å². The number of aryl methyl sites for hydroxylation is 3. The zero-order chi connectivity index (χ0) is 25.6. The molecule has 7 heteroatoms. The number of Topliss-reactive ketones (excluding diaryl/α,β-unsaturated/α-hetero) is 1. The molecule has 180 valence electrons. The molecule has 1 aromatic heterocycles. The summed E-state index contributed by atoms with van der Waals surface area (Å²) in [6.07, 6.45) is 0. The van der Waals surface area contributed by atoms with Crippen LogP contribution in [-0.2, 0) is 4.79 Å². The number of thiazole rings is 1. The number of aromatic nitrogens is 1. The second-order valence-electron chi connectivity index (χ2n) is 8.76. The van der Waals surface area contributed by atoms with E-state index >= 15 is 4.39 Å². The number of ketones is 1. The van der Waals surface area contributed by atoms with E-state index in [0.717, 1.165) is 16.7 Å². The third-order valence-electron chi connectivity index (χ3n) is 6.44. The predicted molar refractivity (Wildman–Crippen MR) is 139 cm³/mol. The summed E-state index contributed by atoms with van der Waals surface area (Å²) in [5.74, 6) is -2.55. The number of hydrogen-bond acceptors (Lipinski definition) is 5. The molecular weight excluding hydrogens is 475 g/mol. The van der Waals surface area contributed by atoms with Crippen molar-refractivity contribution in [1.82, 2.24) is 4.98 Å². The van der Waals surface area contributed by atoms with Crippen LogP contribution in [0.1, 0.15) is 38.1 Å². The summed E-state index contributed by atoms with van der Waals surface area (Å²) >= 11 is 1.18. The van der Waals surface area contributed by atoms with Crippen LogP contribution in [0.4, 0.5) is 10.1 Å². The monoisotopic (exact) mass is 498 g/mol. The number of nitrogens with zero attached hydrogens (tertiary/aromatic N) is 2. The number of carbonyl (C=O) groups is 2. The molecule has 1 atom stereocenters. The highest BCUT2D eigenvalue weighted by Crippen LogP contribution is 2.44. The minimum Gasteiger partial charge on any atom is -0.503 e. The van der Waals surface area contributed by atoms with Crippen LogP contribution in [0.5, 0.6) is 0 Å². The van der Waals surface area contributed by atoms with E-state index in [2.05, 4.69) is 4.98 Å². The number of carbonyl (C=O) groups excluding carboxylic acids is 2. The summed E-state index contributed by atoms with van der Waals surface area (Å²) in [5, 5.41) is 11.7. The van der Waals surface area contributed by atoms with Gasteiger partial charge in [-0.3, -0.25) is 14.5 Å². The fourth-order valence-electron chi connectivity index (χ4n) is 4.40. The first-order valence-electron chi connectivity index (χ1n) is 11.4. The minimum atomic E-state index is -1.13. The van der Waals surface area contributed by atoms with Gasteiger partial charge in [0.15, 0.2) is 5.76 Å². The van der Waals surface area contributed by atoms with Crippen molar-refractivity contribution in [2.75, 3.05) is 4.90 Å². The molecule has 1 unspecified atom stereocenters. The van der Waals surface area contributed by atoms with Gasteiger partial charge in [0.05, 0.1) is 22.2 Å². The Morgan fingerprint density at radius 1 is 0.972 bits per heavy atom. The largest absolute Gasteiger partial charge is 0.503 e. The molecule has 0 saturated heterocycles. The van der Waals surface area contributed by atoms with Crippen LogP contribution >= 0.6 is 11.3 Å². The lowest BCUT2D eigenvalue weighted by Gasteiger charge is -2.27. The third kappa shape index (κ3) is 3.91. The fourth-order valence-corrected chi connectivity index (χ4v) is 5.43.